The van der Waals surface area contributed by atoms with Crippen molar-refractivity contribution >= 4 is 11.9 Å². The summed E-state index contributed by atoms with van der Waals surface area (Å²) >= 11 is 0. The molecule has 0 spiro atoms. The van der Waals surface area contributed by atoms with Crippen molar-refractivity contribution in [2.75, 3.05) is 19.8 Å². The predicted molar refractivity (Wildman–Crippen MR) is 102 cm³/mol. The van der Waals surface area contributed by atoms with Crippen LogP contribution in [0.2, 0.25) is 0 Å². The minimum Gasteiger partial charge on any atom is -0.489 e. The van der Waals surface area contributed by atoms with E-state index >= 15 is 0 Å². The SMILES string of the molecule is CCOC(=O)c1ncccc1OC[C@H]1CCCN1C(=O)[C@H]1CC[C@H](C(F)(F)F)CC1. The van der Waals surface area contributed by atoms with E-state index in [1.807, 2.05) is 0 Å². The van der Waals surface area contributed by atoms with Crippen molar-refractivity contribution in [2.24, 2.45) is 11.8 Å². The van der Waals surface area contributed by atoms with Gasteiger partial charge in [0, 0.05) is 18.7 Å². The van der Waals surface area contributed by atoms with Gasteiger partial charge < -0.3 is 14.4 Å². The summed E-state index contributed by atoms with van der Waals surface area (Å²) in [6.45, 7) is 2.69. The molecule has 1 aliphatic heterocycles. The Morgan fingerprint density at radius 3 is 2.60 bits per heavy atom. The summed E-state index contributed by atoms with van der Waals surface area (Å²) in [5.41, 5.74) is 0.0840. The van der Waals surface area contributed by atoms with Crippen LogP contribution in [0.15, 0.2) is 18.3 Å². The first-order valence-corrected chi connectivity index (χ1v) is 10.4. The van der Waals surface area contributed by atoms with Crippen molar-refractivity contribution in [3.63, 3.8) is 0 Å². The Morgan fingerprint density at radius 1 is 1.20 bits per heavy atom. The van der Waals surface area contributed by atoms with Gasteiger partial charge in [0.25, 0.3) is 0 Å². The topological polar surface area (TPSA) is 68.7 Å². The highest BCUT2D eigenvalue weighted by Crippen LogP contribution is 2.40. The van der Waals surface area contributed by atoms with Crippen molar-refractivity contribution in [3.05, 3.63) is 24.0 Å². The van der Waals surface area contributed by atoms with E-state index in [9.17, 15) is 22.8 Å². The number of carbonyl (C=O) groups is 2. The summed E-state index contributed by atoms with van der Waals surface area (Å²) < 4.78 is 49.4. The highest BCUT2D eigenvalue weighted by Gasteiger charge is 2.44. The van der Waals surface area contributed by atoms with Gasteiger partial charge >= 0.3 is 12.1 Å². The number of aromatic nitrogens is 1. The lowest BCUT2D eigenvalue weighted by Gasteiger charge is -2.33. The molecule has 1 atom stereocenters. The number of likely N-dealkylation sites (tertiary alicyclic amines) is 1. The Labute approximate surface area is 173 Å². The number of carbonyl (C=O) groups excluding carboxylic acids is 2. The molecule has 0 bridgehead atoms. The molecule has 6 nitrogen and oxygen atoms in total. The molecule has 1 aromatic heterocycles. The number of hydrogen-bond donors (Lipinski definition) is 0. The normalized spacial score (nSPS) is 24.5. The molecule has 1 amide bonds. The quantitative estimate of drug-likeness (QED) is 0.641. The van der Waals surface area contributed by atoms with E-state index in [0.717, 1.165) is 12.8 Å². The van der Waals surface area contributed by atoms with Crippen molar-refractivity contribution in [3.8, 4) is 5.75 Å². The molecule has 1 aliphatic carbocycles. The molecule has 1 aromatic rings. The van der Waals surface area contributed by atoms with Gasteiger partial charge in [-0.05, 0) is 57.6 Å². The Balaban J connectivity index is 1.58. The average molecular weight is 428 g/mol. The lowest BCUT2D eigenvalue weighted by atomic mass is 9.81. The Hall–Kier alpha value is -2.32. The predicted octanol–water partition coefficient (Wildman–Crippen LogP) is 4.00. The number of hydrogen-bond acceptors (Lipinski definition) is 5. The monoisotopic (exact) mass is 428 g/mol. The number of pyridine rings is 1. The zero-order valence-corrected chi connectivity index (χ0v) is 17.0. The molecule has 3 rings (SSSR count). The molecular weight excluding hydrogens is 401 g/mol. The van der Waals surface area contributed by atoms with Gasteiger partial charge in [-0.3, -0.25) is 4.79 Å². The van der Waals surface area contributed by atoms with Gasteiger partial charge in [0.2, 0.25) is 5.91 Å². The molecule has 2 heterocycles. The van der Waals surface area contributed by atoms with Crippen molar-refractivity contribution in [2.45, 2.75) is 57.7 Å². The average Bonchev–Trinajstić information content (AvgIpc) is 3.20. The molecule has 2 fully saturated rings. The number of esters is 1. The van der Waals surface area contributed by atoms with Crippen LogP contribution < -0.4 is 4.74 Å². The number of amides is 1. The van der Waals surface area contributed by atoms with E-state index in [1.54, 1.807) is 24.0 Å². The standard InChI is InChI=1S/C21H27F3N2O4/c1-2-29-20(28)18-17(6-3-11-25-18)30-13-16-5-4-12-26(16)19(27)14-7-9-15(10-8-14)21(22,23)24/h3,6,11,14-16H,2,4-5,7-10,12-13H2,1H3/t14-,15-,16-/m1/s1. The first-order chi connectivity index (χ1) is 14.3. The molecule has 1 saturated carbocycles. The first kappa shape index (κ1) is 22.4. The number of halogens is 3. The van der Waals surface area contributed by atoms with E-state index in [1.165, 1.54) is 6.20 Å². The van der Waals surface area contributed by atoms with E-state index in [2.05, 4.69) is 4.98 Å². The van der Waals surface area contributed by atoms with Gasteiger partial charge in [-0.2, -0.15) is 13.2 Å². The highest BCUT2D eigenvalue weighted by atomic mass is 19.4. The summed E-state index contributed by atoms with van der Waals surface area (Å²) in [4.78, 5) is 30.7. The third kappa shape index (κ3) is 5.23. The minimum atomic E-state index is -4.18. The van der Waals surface area contributed by atoms with E-state index < -0.39 is 18.1 Å². The van der Waals surface area contributed by atoms with E-state index in [0.29, 0.717) is 12.3 Å². The van der Waals surface area contributed by atoms with Gasteiger partial charge in [0.05, 0.1) is 18.6 Å². The van der Waals surface area contributed by atoms with Gasteiger partial charge in [0.15, 0.2) is 11.4 Å². The highest BCUT2D eigenvalue weighted by molar-refractivity contribution is 5.90. The largest absolute Gasteiger partial charge is 0.489 e. The third-order valence-electron chi connectivity index (χ3n) is 5.87. The summed E-state index contributed by atoms with van der Waals surface area (Å²) in [7, 11) is 0. The van der Waals surface area contributed by atoms with Crippen molar-refractivity contribution in [1.29, 1.82) is 0 Å². The smallest absolute Gasteiger partial charge is 0.391 e. The van der Waals surface area contributed by atoms with Crippen LogP contribution >= 0.6 is 0 Å². The number of rotatable bonds is 6. The van der Waals surface area contributed by atoms with Crippen LogP contribution in [0.3, 0.4) is 0 Å². The summed E-state index contributed by atoms with van der Waals surface area (Å²) in [6.07, 6.45) is -0.597. The van der Waals surface area contributed by atoms with Crippen molar-refractivity contribution < 1.29 is 32.2 Å². The molecule has 166 valence electrons. The Kier molecular flexibility index (Phi) is 7.20. The van der Waals surface area contributed by atoms with Crippen molar-refractivity contribution in [1.82, 2.24) is 9.88 Å². The molecule has 0 N–H and O–H groups in total. The molecule has 30 heavy (non-hydrogen) atoms. The van der Waals surface area contributed by atoms with Crippen LogP contribution in [0, 0.1) is 11.8 Å². The van der Waals surface area contributed by atoms with Gasteiger partial charge in [0.1, 0.15) is 6.61 Å². The zero-order chi connectivity index (χ0) is 21.7. The van der Waals surface area contributed by atoms with E-state index in [4.69, 9.17) is 9.47 Å². The molecular formula is C21H27F3N2O4. The minimum absolute atomic E-state index is 0.00744. The maximum Gasteiger partial charge on any atom is 0.391 e. The van der Waals surface area contributed by atoms with Crippen LogP contribution in [-0.4, -0.2) is 53.7 Å². The van der Waals surface area contributed by atoms with Crippen LogP contribution in [0.5, 0.6) is 5.75 Å². The number of ether oxygens (including phenoxy) is 2. The Morgan fingerprint density at radius 2 is 1.93 bits per heavy atom. The second kappa shape index (κ2) is 9.66. The van der Waals surface area contributed by atoms with Gasteiger partial charge in [-0.15, -0.1) is 0 Å². The first-order valence-electron chi connectivity index (χ1n) is 10.4. The molecule has 9 heteroatoms. The fourth-order valence-corrected chi connectivity index (χ4v) is 4.25. The lowest BCUT2D eigenvalue weighted by Crippen LogP contribution is -2.44. The molecule has 0 unspecified atom stereocenters. The number of nitrogens with zero attached hydrogens (tertiary/aromatic N) is 2. The van der Waals surface area contributed by atoms with Crippen LogP contribution in [-0.2, 0) is 9.53 Å². The van der Waals surface area contributed by atoms with E-state index in [-0.39, 0.29) is 62.5 Å². The summed E-state index contributed by atoms with van der Waals surface area (Å²) in [5.74, 6) is -2.03. The number of alkyl halides is 3. The third-order valence-corrected chi connectivity index (χ3v) is 5.87. The second-order valence-corrected chi connectivity index (χ2v) is 7.80. The van der Waals surface area contributed by atoms with Gasteiger partial charge in [-0.1, -0.05) is 0 Å². The van der Waals surface area contributed by atoms with Crippen LogP contribution in [0.4, 0.5) is 13.2 Å². The molecule has 0 aromatic carbocycles. The Bertz CT molecular complexity index is 748. The fourth-order valence-electron chi connectivity index (χ4n) is 4.25. The second-order valence-electron chi connectivity index (χ2n) is 7.80. The fraction of sp³-hybridized carbons (Fsp3) is 0.667. The molecule has 1 saturated heterocycles. The maximum absolute atomic E-state index is 12.9. The molecule has 0 radical (unpaired) electrons. The summed E-state index contributed by atoms with van der Waals surface area (Å²) in [6, 6.07) is 3.10. The van der Waals surface area contributed by atoms with Crippen LogP contribution in [0.1, 0.15) is 55.9 Å². The van der Waals surface area contributed by atoms with Gasteiger partial charge in [-0.25, -0.2) is 9.78 Å². The van der Waals surface area contributed by atoms with Crippen LogP contribution in [0.25, 0.3) is 0 Å². The molecule has 2 aliphatic rings. The lowest BCUT2D eigenvalue weighted by molar-refractivity contribution is -0.185. The maximum atomic E-state index is 12.9. The zero-order valence-electron chi connectivity index (χ0n) is 17.0. The summed E-state index contributed by atoms with van der Waals surface area (Å²) in [5, 5.41) is 0.